The highest BCUT2D eigenvalue weighted by Crippen LogP contribution is 2.32. The first-order valence-corrected chi connectivity index (χ1v) is 9.45. The van der Waals surface area contributed by atoms with Gasteiger partial charge in [-0.05, 0) is 25.9 Å². The van der Waals surface area contributed by atoms with Gasteiger partial charge in [-0.3, -0.25) is 4.57 Å². The Balaban J connectivity index is 1.48. The van der Waals surface area contributed by atoms with E-state index in [9.17, 15) is 15.3 Å². The molecule has 2 aliphatic rings. The number of aromatic nitrogens is 4. The van der Waals surface area contributed by atoms with E-state index in [4.69, 9.17) is 4.74 Å². The second-order valence-electron chi connectivity index (χ2n) is 7.10. The quantitative estimate of drug-likeness (QED) is 0.517. The summed E-state index contributed by atoms with van der Waals surface area (Å²) >= 11 is 0. The summed E-state index contributed by atoms with van der Waals surface area (Å²) in [5, 5.41) is 32.8. The van der Waals surface area contributed by atoms with Crippen LogP contribution in [0, 0.1) is 0 Å². The number of ether oxygens (including phenoxy) is 1. The van der Waals surface area contributed by atoms with Crippen molar-refractivity contribution < 1.29 is 20.1 Å². The number of fused-ring (bicyclic) bond motifs is 1. The lowest BCUT2D eigenvalue weighted by atomic mass is 10.1. The van der Waals surface area contributed by atoms with Crippen LogP contribution < -0.4 is 5.32 Å². The zero-order chi connectivity index (χ0) is 18.8. The molecular weight excluding hydrogens is 352 g/mol. The standard InChI is InChI=1S/C17H26N6O4/c24-8-11-13(25)14(26)17(27-11)23-10-21-12-15(19-9-20-16(12)23)18-4-7-22-5-2-1-3-6-22/h9-11,13-14,17,24-26H,1-8H2,(H,18,19,20)/t11-,13?,14?,17-/m1/s1. The molecule has 148 valence electrons. The first-order valence-electron chi connectivity index (χ1n) is 9.45. The Morgan fingerprint density at radius 1 is 1.11 bits per heavy atom. The van der Waals surface area contributed by atoms with Gasteiger partial charge in [0, 0.05) is 13.1 Å². The molecule has 2 unspecified atom stereocenters. The van der Waals surface area contributed by atoms with E-state index < -0.39 is 24.5 Å². The van der Waals surface area contributed by atoms with E-state index in [1.807, 2.05) is 0 Å². The third kappa shape index (κ3) is 3.63. The maximum Gasteiger partial charge on any atom is 0.167 e. The number of anilines is 1. The van der Waals surface area contributed by atoms with E-state index >= 15 is 0 Å². The van der Waals surface area contributed by atoms with Crippen LogP contribution in [0.25, 0.3) is 11.2 Å². The number of aliphatic hydroxyl groups is 3. The monoisotopic (exact) mass is 378 g/mol. The van der Waals surface area contributed by atoms with Gasteiger partial charge in [0.25, 0.3) is 0 Å². The van der Waals surface area contributed by atoms with Gasteiger partial charge in [-0.25, -0.2) is 15.0 Å². The highest BCUT2D eigenvalue weighted by Gasteiger charge is 2.44. The third-order valence-electron chi connectivity index (χ3n) is 5.32. The Bertz CT molecular complexity index is 765. The molecule has 4 N–H and O–H groups in total. The summed E-state index contributed by atoms with van der Waals surface area (Å²) in [6, 6.07) is 0. The maximum atomic E-state index is 10.2. The Kier molecular flexibility index (Phi) is 5.50. The van der Waals surface area contributed by atoms with E-state index in [0.29, 0.717) is 17.0 Å². The number of likely N-dealkylation sites (tertiary alicyclic amines) is 1. The number of aliphatic hydroxyl groups excluding tert-OH is 3. The van der Waals surface area contributed by atoms with Crippen molar-refractivity contribution in [3.05, 3.63) is 12.7 Å². The molecule has 4 atom stereocenters. The van der Waals surface area contributed by atoms with E-state index in [0.717, 1.165) is 26.2 Å². The van der Waals surface area contributed by atoms with E-state index in [1.165, 1.54) is 31.9 Å². The van der Waals surface area contributed by atoms with Crippen molar-refractivity contribution >= 4 is 17.0 Å². The molecule has 4 heterocycles. The molecule has 10 heteroatoms. The van der Waals surface area contributed by atoms with Crippen molar-refractivity contribution in [2.75, 3.05) is 38.1 Å². The summed E-state index contributed by atoms with van der Waals surface area (Å²) in [5.41, 5.74) is 1.08. The number of imidazole rings is 1. The van der Waals surface area contributed by atoms with Gasteiger partial charge >= 0.3 is 0 Å². The molecule has 0 radical (unpaired) electrons. The second kappa shape index (κ2) is 8.03. The van der Waals surface area contributed by atoms with Crippen LogP contribution in [0.15, 0.2) is 12.7 Å². The molecule has 0 bridgehead atoms. The fourth-order valence-corrected chi connectivity index (χ4v) is 3.79. The van der Waals surface area contributed by atoms with Gasteiger partial charge in [-0.1, -0.05) is 6.42 Å². The molecule has 0 amide bonds. The van der Waals surface area contributed by atoms with E-state index in [2.05, 4.69) is 25.2 Å². The number of hydrogen-bond acceptors (Lipinski definition) is 9. The largest absolute Gasteiger partial charge is 0.394 e. The zero-order valence-corrected chi connectivity index (χ0v) is 15.1. The SMILES string of the molecule is OC[C@H]1O[C@@H](n2cnc3c(NCCN4CCCCC4)ncnc32)C(O)C1O. The molecule has 2 aromatic rings. The third-order valence-corrected chi connectivity index (χ3v) is 5.32. The van der Waals surface area contributed by atoms with Crippen molar-refractivity contribution in [2.45, 2.75) is 43.8 Å². The molecule has 2 saturated heterocycles. The first kappa shape index (κ1) is 18.5. The average Bonchev–Trinajstić information content (AvgIpc) is 3.25. The molecule has 27 heavy (non-hydrogen) atoms. The van der Waals surface area contributed by atoms with Gasteiger partial charge in [0.15, 0.2) is 23.2 Å². The van der Waals surface area contributed by atoms with Gasteiger partial charge in [0.2, 0.25) is 0 Å². The Hall–Kier alpha value is -1.85. The number of nitrogens with zero attached hydrogens (tertiary/aromatic N) is 5. The molecule has 0 spiro atoms. The predicted octanol–water partition coefficient (Wildman–Crippen LogP) is -0.664. The smallest absolute Gasteiger partial charge is 0.167 e. The molecule has 10 nitrogen and oxygen atoms in total. The topological polar surface area (TPSA) is 129 Å². The molecule has 0 aliphatic carbocycles. The number of nitrogens with one attached hydrogen (secondary N) is 1. The van der Waals surface area contributed by atoms with Crippen LogP contribution in [-0.2, 0) is 4.74 Å². The van der Waals surface area contributed by atoms with Crippen LogP contribution in [0.4, 0.5) is 5.82 Å². The minimum atomic E-state index is -1.18. The molecule has 4 rings (SSSR count). The Labute approximate surface area is 156 Å². The van der Waals surface area contributed by atoms with Crippen molar-refractivity contribution in [1.82, 2.24) is 24.4 Å². The summed E-state index contributed by atoms with van der Waals surface area (Å²) in [7, 11) is 0. The molecule has 0 saturated carbocycles. The molecule has 2 aliphatic heterocycles. The van der Waals surface area contributed by atoms with Gasteiger partial charge in [0.1, 0.15) is 24.6 Å². The van der Waals surface area contributed by atoms with E-state index in [1.54, 1.807) is 4.57 Å². The second-order valence-corrected chi connectivity index (χ2v) is 7.10. The normalized spacial score (nSPS) is 29.4. The van der Waals surface area contributed by atoms with Crippen LogP contribution in [0.5, 0.6) is 0 Å². The lowest BCUT2D eigenvalue weighted by molar-refractivity contribution is -0.0511. The molecular formula is C17H26N6O4. The number of piperidine rings is 1. The van der Waals surface area contributed by atoms with Gasteiger partial charge in [-0.2, -0.15) is 0 Å². The Morgan fingerprint density at radius 2 is 1.93 bits per heavy atom. The zero-order valence-electron chi connectivity index (χ0n) is 15.1. The first-order chi connectivity index (χ1) is 13.2. The van der Waals surface area contributed by atoms with Crippen LogP contribution in [0.3, 0.4) is 0 Å². The number of hydrogen-bond donors (Lipinski definition) is 4. The van der Waals surface area contributed by atoms with Crippen LogP contribution in [0.2, 0.25) is 0 Å². The summed E-state index contributed by atoms with van der Waals surface area (Å²) in [5.74, 6) is 0.627. The van der Waals surface area contributed by atoms with Crippen molar-refractivity contribution in [1.29, 1.82) is 0 Å². The summed E-state index contributed by atoms with van der Waals surface area (Å²) in [6.07, 6.45) is 2.73. The van der Waals surface area contributed by atoms with Crippen molar-refractivity contribution in [2.24, 2.45) is 0 Å². The van der Waals surface area contributed by atoms with Crippen LogP contribution >= 0.6 is 0 Å². The average molecular weight is 378 g/mol. The van der Waals surface area contributed by atoms with Crippen LogP contribution in [0.1, 0.15) is 25.5 Å². The summed E-state index contributed by atoms with van der Waals surface area (Å²) < 4.78 is 7.14. The Morgan fingerprint density at radius 3 is 2.67 bits per heavy atom. The predicted molar refractivity (Wildman–Crippen MR) is 97.1 cm³/mol. The summed E-state index contributed by atoms with van der Waals surface area (Å²) in [4.78, 5) is 15.3. The van der Waals surface area contributed by atoms with Gasteiger partial charge in [0.05, 0.1) is 12.9 Å². The molecule has 0 aromatic carbocycles. The van der Waals surface area contributed by atoms with E-state index in [-0.39, 0.29) is 6.61 Å². The highest BCUT2D eigenvalue weighted by atomic mass is 16.6. The fraction of sp³-hybridized carbons (Fsp3) is 0.706. The number of rotatable bonds is 6. The molecule has 2 aromatic heterocycles. The van der Waals surface area contributed by atoms with Crippen LogP contribution in [-0.4, -0.2) is 90.8 Å². The fourth-order valence-electron chi connectivity index (χ4n) is 3.79. The molecule has 2 fully saturated rings. The maximum absolute atomic E-state index is 10.2. The lowest BCUT2D eigenvalue weighted by Crippen LogP contribution is -2.33. The lowest BCUT2D eigenvalue weighted by Gasteiger charge is -2.26. The van der Waals surface area contributed by atoms with Crippen molar-refractivity contribution in [3.63, 3.8) is 0 Å². The summed E-state index contributed by atoms with van der Waals surface area (Å²) in [6.45, 7) is 3.61. The minimum Gasteiger partial charge on any atom is -0.394 e. The highest BCUT2D eigenvalue weighted by molar-refractivity contribution is 5.82. The van der Waals surface area contributed by atoms with Gasteiger partial charge in [-0.15, -0.1) is 0 Å². The van der Waals surface area contributed by atoms with Crippen molar-refractivity contribution in [3.8, 4) is 0 Å². The van der Waals surface area contributed by atoms with Gasteiger partial charge < -0.3 is 30.3 Å². The minimum absolute atomic E-state index is 0.375.